The van der Waals surface area contributed by atoms with Crippen LogP contribution in [-0.4, -0.2) is 12.8 Å². The molecule has 0 radical (unpaired) electrons. The largest absolute Gasteiger partial charge is 0.303 e. The molecule has 0 aromatic carbocycles. The van der Waals surface area contributed by atoms with E-state index in [-0.39, 0.29) is 0 Å². The predicted octanol–water partition coefficient (Wildman–Crippen LogP) is 2.84. The fourth-order valence-electron chi connectivity index (χ4n) is 0.985. The van der Waals surface area contributed by atoms with Gasteiger partial charge < -0.3 is 4.79 Å². The topological polar surface area (TPSA) is 65.8 Å². The fraction of sp³-hybridized carbons (Fsp3) is 0.875. The molecule has 4 heteroatoms. The van der Waals surface area contributed by atoms with Crippen molar-refractivity contribution in [3.05, 3.63) is 10.4 Å². The molecule has 0 unspecified atom stereocenters. The lowest BCUT2D eigenvalue weighted by Gasteiger charge is -1.95. The molecule has 0 aliphatic heterocycles. The Morgan fingerprint density at radius 1 is 1.17 bits per heavy atom. The number of nitrogens with zero attached hydrogens (tertiary/aromatic N) is 3. The number of carbonyl (C=O) groups is 1. The number of unbranched alkanes of at least 4 members (excludes halogenated alkanes) is 5. The van der Waals surface area contributed by atoms with E-state index >= 15 is 0 Å². The minimum Gasteiger partial charge on any atom is -0.303 e. The maximum atomic E-state index is 9.92. The molecule has 0 aliphatic carbocycles. The summed E-state index contributed by atoms with van der Waals surface area (Å²) in [5.41, 5.74) is 7.96. The monoisotopic (exact) mass is 169 g/mol. The molecule has 0 spiro atoms. The SMILES string of the molecule is [N-]=[N+]=NCCCCCCCC=O. The van der Waals surface area contributed by atoms with E-state index in [2.05, 4.69) is 10.0 Å². The van der Waals surface area contributed by atoms with E-state index in [0.717, 1.165) is 38.4 Å². The van der Waals surface area contributed by atoms with Crippen LogP contribution in [0.2, 0.25) is 0 Å². The normalized spacial score (nSPS) is 9.00. The molecule has 0 N–H and O–H groups in total. The van der Waals surface area contributed by atoms with Crippen molar-refractivity contribution >= 4 is 6.29 Å². The van der Waals surface area contributed by atoms with Crippen LogP contribution in [0.5, 0.6) is 0 Å². The molecule has 68 valence electrons. The van der Waals surface area contributed by atoms with E-state index in [1.165, 1.54) is 0 Å². The molecule has 0 aromatic heterocycles. The van der Waals surface area contributed by atoms with Crippen LogP contribution in [0.3, 0.4) is 0 Å². The Morgan fingerprint density at radius 2 is 1.83 bits per heavy atom. The first-order chi connectivity index (χ1) is 5.91. The Balaban J connectivity index is 2.90. The summed E-state index contributed by atoms with van der Waals surface area (Å²) in [7, 11) is 0. The third-order valence-electron chi connectivity index (χ3n) is 1.64. The van der Waals surface area contributed by atoms with Crippen LogP contribution < -0.4 is 0 Å². The molecule has 0 atom stereocenters. The van der Waals surface area contributed by atoms with E-state index in [4.69, 9.17) is 5.53 Å². The summed E-state index contributed by atoms with van der Waals surface area (Å²) >= 11 is 0. The van der Waals surface area contributed by atoms with Crippen molar-refractivity contribution in [2.24, 2.45) is 5.11 Å². The van der Waals surface area contributed by atoms with E-state index in [0.29, 0.717) is 13.0 Å². The third-order valence-corrected chi connectivity index (χ3v) is 1.64. The summed E-state index contributed by atoms with van der Waals surface area (Å²) in [5, 5.41) is 3.43. The minimum atomic E-state index is 0.601. The number of hydrogen-bond donors (Lipinski definition) is 0. The highest BCUT2D eigenvalue weighted by Gasteiger charge is 1.88. The highest BCUT2D eigenvalue weighted by molar-refractivity contribution is 5.48. The molecular weight excluding hydrogens is 154 g/mol. The Kier molecular flexibility index (Phi) is 9.13. The summed E-state index contributed by atoms with van der Waals surface area (Å²) < 4.78 is 0. The van der Waals surface area contributed by atoms with E-state index in [1.807, 2.05) is 0 Å². The molecule has 12 heavy (non-hydrogen) atoms. The zero-order valence-corrected chi connectivity index (χ0v) is 7.28. The zero-order valence-electron chi connectivity index (χ0n) is 7.28. The van der Waals surface area contributed by atoms with E-state index in [1.54, 1.807) is 0 Å². The number of rotatable bonds is 8. The van der Waals surface area contributed by atoms with Gasteiger partial charge in [-0.25, -0.2) is 0 Å². The van der Waals surface area contributed by atoms with E-state index in [9.17, 15) is 4.79 Å². The van der Waals surface area contributed by atoms with Crippen molar-refractivity contribution in [1.29, 1.82) is 0 Å². The first kappa shape index (κ1) is 11.0. The highest BCUT2D eigenvalue weighted by Crippen LogP contribution is 2.04. The molecule has 0 amide bonds. The quantitative estimate of drug-likeness (QED) is 0.181. The molecule has 0 saturated heterocycles. The van der Waals surface area contributed by atoms with Gasteiger partial charge in [0.15, 0.2) is 0 Å². The lowest BCUT2D eigenvalue weighted by Crippen LogP contribution is -1.82. The standard InChI is InChI=1S/C8H15N3O/c9-11-10-7-5-3-1-2-4-6-8-12/h8H,1-7H2. The maximum Gasteiger partial charge on any atom is 0.119 e. The zero-order chi connectivity index (χ0) is 9.07. The molecule has 0 fully saturated rings. The maximum absolute atomic E-state index is 9.92. The van der Waals surface area contributed by atoms with Crippen molar-refractivity contribution < 1.29 is 4.79 Å². The van der Waals surface area contributed by atoms with Crippen molar-refractivity contribution in [3.8, 4) is 0 Å². The lowest BCUT2D eigenvalue weighted by molar-refractivity contribution is -0.107. The molecule has 0 aliphatic rings. The van der Waals surface area contributed by atoms with Gasteiger partial charge in [-0.1, -0.05) is 24.4 Å². The van der Waals surface area contributed by atoms with Gasteiger partial charge in [-0.2, -0.15) is 0 Å². The number of aldehydes is 1. The Morgan fingerprint density at radius 3 is 2.50 bits per heavy atom. The van der Waals surface area contributed by atoms with Gasteiger partial charge in [-0.05, 0) is 18.4 Å². The number of azide groups is 1. The molecule has 0 saturated carbocycles. The summed E-state index contributed by atoms with van der Waals surface area (Å²) in [5.74, 6) is 0. The fourth-order valence-corrected chi connectivity index (χ4v) is 0.985. The van der Waals surface area contributed by atoms with Gasteiger partial charge >= 0.3 is 0 Å². The van der Waals surface area contributed by atoms with Crippen LogP contribution in [0.15, 0.2) is 5.11 Å². The van der Waals surface area contributed by atoms with Crippen molar-refractivity contribution in [3.63, 3.8) is 0 Å². The van der Waals surface area contributed by atoms with Crippen LogP contribution in [-0.2, 0) is 4.79 Å². The average molecular weight is 169 g/mol. The van der Waals surface area contributed by atoms with Gasteiger partial charge in [0.05, 0.1) is 0 Å². The Bertz CT molecular complexity index is 152. The molecule has 0 rings (SSSR count). The number of carbonyl (C=O) groups excluding carboxylic acids is 1. The second-order valence-corrected chi connectivity index (χ2v) is 2.68. The smallest absolute Gasteiger partial charge is 0.119 e. The molecular formula is C8H15N3O. The van der Waals surface area contributed by atoms with Crippen molar-refractivity contribution in [2.75, 3.05) is 6.54 Å². The van der Waals surface area contributed by atoms with Crippen LogP contribution in [0.1, 0.15) is 38.5 Å². The first-order valence-corrected chi connectivity index (χ1v) is 4.36. The molecule has 4 nitrogen and oxygen atoms in total. The second-order valence-electron chi connectivity index (χ2n) is 2.68. The van der Waals surface area contributed by atoms with Gasteiger partial charge in [0.2, 0.25) is 0 Å². The van der Waals surface area contributed by atoms with Crippen LogP contribution in [0.25, 0.3) is 10.4 Å². The van der Waals surface area contributed by atoms with Crippen LogP contribution in [0, 0.1) is 0 Å². The van der Waals surface area contributed by atoms with Gasteiger partial charge in [0, 0.05) is 17.9 Å². The number of hydrogen-bond acceptors (Lipinski definition) is 2. The van der Waals surface area contributed by atoms with Gasteiger partial charge in [0.25, 0.3) is 0 Å². The minimum absolute atomic E-state index is 0.601. The summed E-state index contributed by atoms with van der Waals surface area (Å²) in [6.45, 7) is 0.601. The Labute approximate surface area is 72.6 Å². The highest BCUT2D eigenvalue weighted by atomic mass is 16.1. The lowest BCUT2D eigenvalue weighted by atomic mass is 10.1. The Hall–Kier alpha value is -1.02. The molecule has 0 heterocycles. The summed E-state index contributed by atoms with van der Waals surface area (Å²) in [4.78, 5) is 12.6. The van der Waals surface area contributed by atoms with Crippen LogP contribution >= 0.6 is 0 Å². The van der Waals surface area contributed by atoms with Gasteiger partial charge in [-0.15, -0.1) is 0 Å². The van der Waals surface area contributed by atoms with Gasteiger partial charge in [-0.3, -0.25) is 0 Å². The first-order valence-electron chi connectivity index (χ1n) is 4.36. The van der Waals surface area contributed by atoms with Crippen molar-refractivity contribution in [1.82, 2.24) is 0 Å². The predicted molar refractivity (Wildman–Crippen MR) is 47.8 cm³/mol. The van der Waals surface area contributed by atoms with Crippen molar-refractivity contribution in [2.45, 2.75) is 38.5 Å². The average Bonchev–Trinajstić information content (AvgIpc) is 2.10. The van der Waals surface area contributed by atoms with E-state index < -0.39 is 0 Å². The van der Waals surface area contributed by atoms with Crippen LogP contribution in [0.4, 0.5) is 0 Å². The third kappa shape index (κ3) is 8.98. The molecule has 0 aromatic rings. The van der Waals surface area contributed by atoms with Gasteiger partial charge in [0.1, 0.15) is 6.29 Å². The summed E-state index contributed by atoms with van der Waals surface area (Å²) in [6, 6.07) is 0. The second kappa shape index (κ2) is 9.98. The molecule has 0 bridgehead atoms. The summed E-state index contributed by atoms with van der Waals surface area (Å²) in [6.07, 6.45) is 6.92.